The van der Waals surface area contributed by atoms with Crippen molar-refractivity contribution in [3.05, 3.63) is 53.6 Å². The Labute approximate surface area is 211 Å². The van der Waals surface area contributed by atoms with Gasteiger partial charge < -0.3 is 4.74 Å². The Morgan fingerprint density at radius 1 is 0.806 bits per heavy atom. The average Bonchev–Trinajstić information content (AvgIpc) is 2.88. The Morgan fingerprint density at radius 2 is 1.36 bits per heavy atom. The molecule has 0 bridgehead atoms. The van der Waals surface area contributed by atoms with E-state index in [0.717, 1.165) is 30.9 Å². The fraction of sp³-hybridized carbons (Fsp3) is 0.600. The van der Waals surface area contributed by atoms with Gasteiger partial charge in [0.25, 0.3) is 0 Å². The van der Waals surface area contributed by atoms with Crippen LogP contribution in [0.5, 0.6) is 5.75 Å². The molecule has 0 saturated heterocycles. The van der Waals surface area contributed by atoms with E-state index in [4.69, 9.17) is 4.74 Å². The summed E-state index contributed by atoms with van der Waals surface area (Å²) < 4.78 is 75.7. The number of ether oxygens (including phenoxy) is 1. The zero-order chi connectivity index (χ0) is 25.7. The summed E-state index contributed by atoms with van der Waals surface area (Å²) in [7, 11) is 0. The molecule has 0 amide bonds. The summed E-state index contributed by atoms with van der Waals surface area (Å²) in [6.07, 6.45) is 8.28. The second-order valence-corrected chi connectivity index (χ2v) is 10.8. The van der Waals surface area contributed by atoms with Crippen LogP contribution in [0.3, 0.4) is 0 Å². The number of hydrogen-bond acceptors (Lipinski definition) is 1. The van der Waals surface area contributed by atoms with Gasteiger partial charge >= 0.3 is 6.11 Å². The van der Waals surface area contributed by atoms with Gasteiger partial charge in [0.2, 0.25) is 0 Å². The minimum absolute atomic E-state index is 0.0117. The molecule has 0 spiro atoms. The lowest BCUT2D eigenvalue weighted by molar-refractivity contribution is -0.224. The minimum atomic E-state index is -3.27. The monoisotopic (exact) mass is 508 g/mol. The molecule has 2 fully saturated rings. The van der Waals surface area contributed by atoms with Crippen molar-refractivity contribution in [2.45, 2.75) is 90.3 Å². The first-order chi connectivity index (χ1) is 17.3. The molecule has 2 aromatic carbocycles. The van der Waals surface area contributed by atoms with Crippen LogP contribution in [0.15, 0.2) is 36.4 Å². The topological polar surface area (TPSA) is 9.23 Å². The Bertz CT molecular complexity index is 950. The van der Waals surface area contributed by atoms with Crippen molar-refractivity contribution in [3.63, 3.8) is 0 Å². The SMILES string of the molecule is CCCCC1CCC(C2CCC(C(F)(F)Oc3ccc(-c4cc(F)c(CF)c(F)c4)cc3)CC2)CC1. The molecule has 198 valence electrons. The number of hydrogen-bond donors (Lipinski definition) is 0. The van der Waals surface area contributed by atoms with Gasteiger partial charge in [-0.25, -0.2) is 13.2 Å². The van der Waals surface area contributed by atoms with Crippen LogP contribution in [0.4, 0.5) is 22.0 Å². The second-order valence-electron chi connectivity index (χ2n) is 10.8. The van der Waals surface area contributed by atoms with Crippen molar-refractivity contribution in [2.75, 3.05) is 0 Å². The van der Waals surface area contributed by atoms with Crippen LogP contribution in [0, 0.1) is 35.3 Å². The van der Waals surface area contributed by atoms with Crippen molar-refractivity contribution < 1.29 is 26.7 Å². The largest absolute Gasteiger partial charge is 0.432 e. The highest BCUT2D eigenvalue weighted by atomic mass is 19.3. The third-order valence-electron chi connectivity index (χ3n) is 8.49. The van der Waals surface area contributed by atoms with Crippen LogP contribution in [0.1, 0.15) is 83.1 Å². The molecule has 2 aliphatic rings. The van der Waals surface area contributed by atoms with Crippen LogP contribution in [-0.2, 0) is 6.67 Å². The van der Waals surface area contributed by atoms with Gasteiger partial charge in [-0.2, -0.15) is 8.78 Å². The molecule has 6 heteroatoms. The number of halogens is 5. The fourth-order valence-electron chi connectivity index (χ4n) is 6.22. The Balaban J connectivity index is 1.30. The van der Waals surface area contributed by atoms with Crippen molar-refractivity contribution in [2.24, 2.45) is 23.7 Å². The van der Waals surface area contributed by atoms with Gasteiger partial charge in [0.15, 0.2) is 0 Å². The number of alkyl halides is 3. The predicted octanol–water partition coefficient (Wildman–Crippen LogP) is 9.88. The Morgan fingerprint density at radius 3 is 1.89 bits per heavy atom. The fourth-order valence-corrected chi connectivity index (χ4v) is 6.22. The van der Waals surface area contributed by atoms with E-state index in [2.05, 4.69) is 6.92 Å². The highest BCUT2D eigenvalue weighted by molar-refractivity contribution is 5.64. The van der Waals surface area contributed by atoms with Crippen molar-refractivity contribution in [1.82, 2.24) is 0 Å². The van der Waals surface area contributed by atoms with Crippen LogP contribution in [0.2, 0.25) is 0 Å². The molecule has 2 aromatic rings. The van der Waals surface area contributed by atoms with Crippen LogP contribution in [-0.4, -0.2) is 6.11 Å². The van der Waals surface area contributed by atoms with E-state index < -0.39 is 35.9 Å². The molecular formula is C30H37F5O. The summed E-state index contributed by atoms with van der Waals surface area (Å²) in [5, 5.41) is 0. The molecule has 0 heterocycles. The molecule has 2 aliphatic carbocycles. The van der Waals surface area contributed by atoms with E-state index in [9.17, 15) is 22.0 Å². The normalized spacial score (nSPS) is 25.1. The molecule has 0 aromatic heterocycles. The molecule has 1 nitrogen and oxygen atoms in total. The summed E-state index contributed by atoms with van der Waals surface area (Å²) in [4.78, 5) is 0. The first kappa shape index (κ1) is 26.9. The summed E-state index contributed by atoms with van der Waals surface area (Å²) >= 11 is 0. The summed E-state index contributed by atoms with van der Waals surface area (Å²) in [6, 6.07) is 7.79. The molecule has 0 atom stereocenters. The first-order valence-corrected chi connectivity index (χ1v) is 13.5. The quantitative estimate of drug-likeness (QED) is 0.306. The van der Waals surface area contributed by atoms with E-state index in [1.165, 1.54) is 69.2 Å². The Kier molecular flexibility index (Phi) is 8.95. The number of unbranched alkanes of at least 4 members (excludes halogenated alkanes) is 1. The number of benzene rings is 2. The average molecular weight is 509 g/mol. The van der Waals surface area contributed by atoms with Crippen molar-refractivity contribution in [3.8, 4) is 16.9 Å². The summed E-state index contributed by atoms with van der Waals surface area (Å²) in [5.41, 5.74) is 0.0183. The number of rotatable bonds is 9. The summed E-state index contributed by atoms with van der Waals surface area (Å²) in [6.45, 7) is 1.00. The summed E-state index contributed by atoms with van der Waals surface area (Å²) in [5.74, 6) is -0.663. The van der Waals surface area contributed by atoms with E-state index >= 15 is 0 Å². The minimum Gasteiger partial charge on any atom is -0.432 e. The molecule has 0 aliphatic heterocycles. The van der Waals surface area contributed by atoms with Gasteiger partial charge in [0.05, 0.1) is 11.5 Å². The second kappa shape index (κ2) is 12.0. The van der Waals surface area contributed by atoms with E-state index in [1.54, 1.807) is 0 Å². The highest BCUT2D eigenvalue weighted by Gasteiger charge is 2.45. The molecule has 0 unspecified atom stereocenters. The maximum Gasteiger partial charge on any atom is 0.400 e. The molecule has 2 saturated carbocycles. The molecule has 0 radical (unpaired) electrons. The predicted molar refractivity (Wildman–Crippen MR) is 133 cm³/mol. The zero-order valence-corrected chi connectivity index (χ0v) is 21.1. The lowest BCUT2D eigenvalue weighted by Gasteiger charge is -2.39. The van der Waals surface area contributed by atoms with Gasteiger partial charge in [-0.3, -0.25) is 0 Å². The van der Waals surface area contributed by atoms with Gasteiger partial charge in [-0.05, 0) is 91.7 Å². The van der Waals surface area contributed by atoms with Gasteiger partial charge in [-0.1, -0.05) is 51.2 Å². The first-order valence-electron chi connectivity index (χ1n) is 13.5. The van der Waals surface area contributed by atoms with Gasteiger partial charge in [0, 0.05) is 0 Å². The van der Waals surface area contributed by atoms with E-state index in [0.29, 0.717) is 30.2 Å². The standard InChI is InChI=1S/C30H37F5O/c1-2-3-4-20-5-7-21(8-6-20)22-9-13-25(14-10-22)30(34,35)36-26-15-11-23(12-16-26)24-17-28(32)27(19-31)29(33)18-24/h11-12,15-18,20-22,25H,2-10,13-14,19H2,1H3. The van der Waals surface area contributed by atoms with Crippen molar-refractivity contribution in [1.29, 1.82) is 0 Å². The molecule has 36 heavy (non-hydrogen) atoms. The third-order valence-corrected chi connectivity index (χ3v) is 8.49. The van der Waals surface area contributed by atoms with Gasteiger partial charge in [-0.15, -0.1) is 0 Å². The van der Waals surface area contributed by atoms with Gasteiger partial charge in [0.1, 0.15) is 24.1 Å². The molecule has 0 N–H and O–H groups in total. The van der Waals surface area contributed by atoms with Crippen LogP contribution < -0.4 is 4.74 Å². The van der Waals surface area contributed by atoms with Crippen LogP contribution >= 0.6 is 0 Å². The maximum atomic E-state index is 15.0. The van der Waals surface area contributed by atoms with Crippen molar-refractivity contribution >= 4 is 0 Å². The molecule has 4 rings (SSSR count). The highest BCUT2D eigenvalue weighted by Crippen LogP contribution is 2.46. The third kappa shape index (κ3) is 6.41. The lowest BCUT2D eigenvalue weighted by atomic mass is 9.68. The lowest BCUT2D eigenvalue weighted by Crippen LogP contribution is -2.38. The Hall–Kier alpha value is -2.11. The smallest absolute Gasteiger partial charge is 0.400 e. The van der Waals surface area contributed by atoms with Crippen LogP contribution in [0.25, 0.3) is 11.1 Å². The maximum absolute atomic E-state index is 15.0. The zero-order valence-electron chi connectivity index (χ0n) is 21.1. The van der Waals surface area contributed by atoms with E-state index in [1.807, 2.05) is 0 Å². The molecular weight excluding hydrogens is 471 g/mol. The van der Waals surface area contributed by atoms with E-state index in [-0.39, 0.29) is 11.3 Å².